The van der Waals surface area contributed by atoms with Gasteiger partial charge in [0.25, 0.3) is 0 Å². The van der Waals surface area contributed by atoms with Crippen LogP contribution in [0.4, 0.5) is 10.5 Å². The van der Waals surface area contributed by atoms with Crippen molar-refractivity contribution in [2.24, 2.45) is 0 Å². The molecule has 1 N–H and O–H groups in total. The molecule has 2 aromatic rings. The zero-order valence-electron chi connectivity index (χ0n) is 13.3. The summed E-state index contributed by atoms with van der Waals surface area (Å²) in [5, 5.41) is 4.51. The van der Waals surface area contributed by atoms with Crippen molar-refractivity contribution in [2.45, 2.75) is 0 Å². The van der Waals surface area contributed by atoms with Crippen LogP contribution in [0.5, 0.6) is 17.2 Å². The minimum Gasteiger partial charge on any atom is -0.495 e. The molecule has 0 aromatic heterocycles. The van der Waals surface area contributed by atoms with Gasteiger partial charge in [0, 0.05) is 18.8 Å². The Hall–Kier alpha value is -2.15. The molecule has 0 bridgehead atoms. The Morgan fingerprint density at radius 3 is 2.42 bits per heavy atom. The third-order valence-corrected chi connectivity index (χ3v) is 3.70. The van der Waals surface area contributed by atoms with Crippen LogP contribution in [0.2, 0.25) is 10.0 Å². The number of amides is 2. The molecule has 128 valence electrons. The quantitative estimate of drug-likeness (QED) is 0.766. The second kappa shape index (κ2) is 8.10. The Bertz CT molecular complexity index is 740. The number of benzene rings is 2. The van der Waals surface area contributed by atoms with Gasteiger partial charge in [0.05, 0.1) is 24.3 Å². The molecule has 6 nitrogen and oxygen atoms in total. The fourth-order valence-electron chi connectivity index (χ4n) is 1.78. The van der Waals surface area contributed by atoms with Gasteiger partial charge in [-0.3, -0.25) is 4.84 Å². The van der Waals surface area contributed by atoms with Crippen LogP contribution in [-0.2, 0) is 4.84 Å². The first-order valence-electron chi connectivity index (χ1n) is 6.84. The highest BCUT2D eigenvalue weighted by atomic mass is 35.5. The number of rotatable bonds is 5. The van der Waals surface area contributed by atoms with Crippen molar-refractivity contribution in [3.05, 3.63) is 46.4 Å². The van der Waals surface area contributed by atoms with E-state index in [0.29, 0.717) is 33.0 Å². The molecular formula is C16H16Cl2N2O4. The van der Waals surface area contributed by atoms with Gasteiger partial charge >= 0.3 is 6.03 Å². The lowest BCUT2D eigenvalue weighted by atomic mass is 10.3. The van der Waals surface area contributed by atoms with Crippen LogP contribution < -0.4 is 14.8 Å². The summed E-state index contributed by atoms with van der Waals surface area (Å²) in [6.45, 7) is 0. The summed E-state index contributed by atoms with van der Waals surface area (Å²) < 4.78 is 10.9. The summed E-state index contributed by atoms with van der Waals surface area (Å²) >= 11 is 12.2. The van der Waals surface area contributed by atoms with Gasteiger partial charge in [-0.1, -0.05) is 23.2 Å². The van der Waals surface area contributed by atoms with Crippen LogP contribution in [0, 0.1) is 0 Å². The lowest BCUT2D eigenvalue weighted by Gasteiger charge is -2.15. The van der Waals surface area contributed by atoms with Crippen molar-refractivity contribution in [3.63, 3.8) is 0 Å². The van der Waals surface area contributed by atoms with Gasteiger partial charge in [0.2, 0.25) is 0 Å². The lowest BCUT2D eigenvalue weighted by Crippen LogP contribution is -2.30. The van der Waals surface area contributed by atoms with E-state index in [1.807, 2.05) is 0 Å². The van der Waals surface area contributed by atoms with Gasteiger partial charge in [0.1, 0.15) is 17.2 Å². The predicted octanol–water partition coefficient (Wildman–Crippen LogP) is 4.82. The van der Waals surface area contributed by atoms with E-state index in [-0.39, 0.29) is 0 Å². The van der Waals surface area contributed by atoms with E-state index in [2.05, 4.69) is 5.32 Å². The number of hydrogen-bond donors (Lipinski definition) is 1. The number of hydroxylamine groups is 2. The number of ether oxygens (including phenoxy) is 2. The molecule has 2 aromatic carbocycles. The Balaban J connectivity index is 2.14. The third kappa shape index (κ3) is 4.44. The van der Waals surface area contributed by atoms with E-state index in [4.69, 9.17) is 37.5 Å². The molecule has 0 heterocycles. The molecule has 0 radical (unpaired) electrons. The summed E-state index contributed by atoms with van der Waals surface area (Å²) in [5.41, 5.74) is 0.509. The summed E-state index contributed by atoms with van der Waals surface area (Å²) in [5.74, 6) is 1.45. The first-order valence-corrected chi connectivity index (χ1v) is 7.60. The second-order valence-electron chi connectivity index (χ2n) is 4.65. The Labute approximate surface area is 149 Å². The molecule has 0 atom stereocenters. The van der Waals surface area contributed by atoms with Crippen molar-refractivity contribution in [3.8, 4) is 17.2 Å². The largest absolute Gasteiger partial charge is 0.495 e. The SMILES string of the molecule is COc1cc(Oc2ccc(NC(=O)N(C)OC)cc2Cl)ccc1Cl. The number of methoxy groups -OCH3 is 1. The first kappa shape index (κ1) is 18.2. The number of hydrogen-bond acceptors (Lipinski definition) is 4. The molecule has 0 fully saturated rings. The van der Waals surface area contributed by atoms with E-state index < -0.39 is 6.03 Å². The van der Waals surface area contributed by atoms with Crippen molar-refractivity contribution >= 4 is 34.9 Å². The van der Waals surface area contributed by atoms with E-state index in [1.165, 1.54) is 21.3 Å². The van der Waals surface area contributed by atoms with Crippen LogP contribution in [-0.4, -0.2) is 32.4 Å². The van der Waals surface area contributed by atoms with Gasteiger partial charge < -0.3 is 14.8 Å². The Morgan fingerprint density at radius 1 is 1.04 bits per heavy atom. The highest BCUT2D eigenvalue weighted by molar-refractivity contribution is 6.32. The molecule has 2 amide bonds. The molecule has 24 heavy (non-hydrogen) atoms. The smallest absolute Gasteiger partial charge is 0.345 e. The molecule has 0 spiro atoms. The molecule has 0 saturated heterocycles. The van der Waals surface area contributed by atoms with E-state index in [1.54, 1.807) is 36.4 Å². The maximum Gasteiger partial charge on any atom is 0.345 e. The summed E-state index contributed by atoms with van der Waals surface area (Å²) in [7, 11) is 4.40. The highest BCUT2D eigenvalue weighted by Crippen LogP contribution is 2.35. The zero-order valence-corrected chi connectivity index (χ0v) is 14.8. The van der Waals surface area contributed by atoms with E-state index in [9.17, 15) is 4.79 Å². The molecule has 2 rings (SSSR count). The van der Waals surface area contributed by atoms with Crippen LogP contribution in [0.15, 0.2) is 36.4 Å². The fourth-order valence-corrected chi connectivity index (χ4v) is 2.19. The first-order chi connectivity index (χ1) is 11.4. The van der Waals surface area contributed by atoms with Crippen LogP contribution in [0.1, 0.15) is 0 Å². The normalized spacial score (nSPS) is 10.2. The number of nitrogens with zero attached hydrogens (tertiary/aromatic N) is 1. The average molecular weight is 371 g/mol. The standard InChI is InChI=1S/C16H16Cl2N2O4/c1-20(23-3)16(21)19-10-4-7-14(13(18)8-10)24-11-5-6-12(17)15(9-11)22-2/h4-9H,1-3H3,(H,19,21). The average Bonchev–Trinajstić information content (AvgIpc) is 2.58. The minimum absolute atomic E-state index is 0.335. The molecule has 0 aliphatic rings. The highest BCUT2D eigenvalue weighted by Gasteiger charge is 2.11. The van der Waals surface area contributed by atoms with Crippen molar-refractivity contribution in [1.29, 1.82) is 0 Å². The maximum atomic E-state index is 11.7. The van der Waals surface area contributed by atoms with Crippen molar-refractivity contribution in [2.75, 3.05) is 26.6 Å². The molecular weight excluding hydrogens is 355 g/mol. The summed E-state index contributed by atoms with van der Waals surface area (Å²) in [6, 6.07) is 9.47. The van der Waals surface area contributed by atoms with Gasteiger partial charge in [-0.2, -0.15) is 0 Å². The second-order valence-corrected chi connectivity index (χ2v) is 5.47. The molecule has 0 unspecified atom stereocenters. The van der Waals surface area contributed by atoms with Gasteiger partial charge in [-0.05, 0) is 30.3 Å². The van der Waals surface area contributed by atoms with Gasteiger partial charge in [0.15, 0.2) is 0 Å². The molecule has 0 aliphatic carbocycles. The van der Waals surface area contributed by atoms with Gasteiger partial charge in [-0.15, -0.1) is 0 Å². The Morgan fingerprint density at radius 2 is 1.79 bits per heavy atom. The Kier molecular flexibility index (Phi) is 6.14. The number of carbonyl (C=O) groups is 1. The van der Waals surface area contributed by atoms with Crippen molar-refractivity contribution < 1.29 is 19.1 Å². The lowest BCUT2D eigenvalue weighted by molar-refractivity contribution is -0.0598. The third-order valence-electron chi connectivity index (χ3n) is 3.09. The van der Waals surface area contributed by atoms with Gasteiger partial charge in [-0.25, -0.2) is 9.86 Å². The predicted molar refractivity (Wildman–Crippen MR) is 93.3 cm³/mol. The van der Waals surface area contributed by atoms with Crippen LogP contribution >= 0.6 is 23.2 Å². The number of nitrogens with one attached hydrogen (secondary N) is 1. The van der Waals surface area contributed by atoms with E-state index in [0.717, 1.165) is 5.06 Å². The molecule has 8 heteroatoms. The van der Waals surface area contributed by atoms with Crippen LogP contribution in [0.25, 0.3) is 0 Å². The monoisotopic (exact) mass is 370 g/mol. The van der Waals surface area contributed by atoms with E-state index >= 15 is 0 Å². The van der Waals surface area contributed by atoms with Crippen molar-refractivity contribution in [1.82, 2.24) is 5.06 Å². The molecule has 0 aliphatic heterocycles. The topological polar surface area (TPSA) is 60.0 Å². The fraction of sp³-hybridized carbons (Fsp3) is 0.188. The number of urea groups is 1. The number of carbonyl (C=O) groups excluding carboxylic acids is 1. The van der Waals surface area contributed by atoms with Crippen LogP contribution in [0.3, 0.4) is 0 Å². The summed E-state index contributed by atoms with van der Waals surface area (Å²) in [6.07, 6.45) is 0. The maximum absolute atomic E-state index is 11.7. The zero-order chi connectivity index (χ0) is 17.7. The molecule has 0 saturated carbocycles. The minimum atomic E-state index is -0.426. The summed E-state index contributed by atoms with van der Waals surface area (Å²) in [4.78, 5) is 16.5. The number of anilines is 1. The number of halogens is 2.